The van der Waals surface area contributed by atoms with Gasteiger partial charge in [-0.15, -0.1) is 12.4 Å². The molecule has 0 spiro atoms. The number of hydrogen-bond donors (Lipinski definition) is 2. The second-order valence-corrected chi connectivity index (χ2v) is 3.17. The highest BCUT2D eigenvalue weighted by Crippen LogP contribution is 2.07. The molecule has 1 fully saturated rings. The van der Waals surface area contributed by atoms with Crippen molar-refractivity contribution in [3.63, 3.8) is 0 Å². The molecule has 1 aliphatic heterocycles. The average molecular weight is 208 g/mol. The van der Waals surface area contributed by atoms with Gasteiger partial charge in [-0.2, -0.15) is 0 Å². The van der Waals surface area contributed by atoms with Crippen molar-refractivity contribution in [1.29, 1.82) is 0 Å². The summed E-state index contributed by atoms with van der Waals surface area (Å²) >= 11 is 0. The molecule has 5 heteroatoms. The van der Waals surface area contributed by atoms with Crippen LogP contribution < -0.4 is 10.6 Å². The van der Waals surface area contributed by atoms with E-state index < -0.39 is 0 Å². The van der Waals surface area contributed by atoms with Crippen molar-refractivity contribution in [2.75, 3.05) is 27.2 Å². The smallest absolute Gasteiger partial charge is 0.317 e. The molecule has 0 aromatic heterocycles. The number of urea groups is 1. The molecule has 1 heterocycles. The molecule has 2 N–H and O–H groups in total. The Balaban J connectivity index is 0.00000144. The Labute approximate surface area is 85.5 Å². The van der Waals surface area contributed by atoms with Crippen molar-refractivity contribution in [3.05, 3.63) is 0 Å². The fraction of sp³-hybridized carbons (Fsp3) is 0.875. The molecule has 0 aliphatic carbocycles. The lowest BCUT2D eigenvalue weighted by Gasteiger charge is -2.31. The minimum Gasteiger partial charge on any atom is -0.341 e. The number of carbonyl (C=O) groups excluding carboxylic acids is 1. The van der Waals surface area contributed by atoms with Crippen LogP contribution in [0.5, 0.6) is 0 Å². The van der Waals surface area contributed by atoms with Gasteiger partial charge in [-0.05, 0) is 19.4 Å². The number of hydrogen-bond acceptors (Lipinski definition) is 2. The van der Waals surface area contributed by atoms with Gasteiger partial charge in [-0.25, -0.2) is 4.79 Å². The van der Waals surface area contributed by atoms with Crippen molar-refractivity contribution in [2.24, 2.45) is 0 Å². The number of piperidine rings is 1. The molecular formula is C8H18ClN3O. The summed E-state index contributed by atoms with van der Waals surface area (Å²) in [5.74, 6) is 0. The van der Waals surface area contributed by atoms with Crippen molar-refractivity contribution >= 4 is 18.4 Å². The summed E-state index contributed by atoms with van der Waals surface area (Å²) in [5, 5.41) is 5.89. The number of nitrogens with one attached hydrogen (secondary N) is 2. The molecule has 0 aromatic rings. The summed E-state index contributed by atoms with van der Waals surface area (Å²) in [4.78, 5) is 13.0. The molecule has 0 radical (unpaired) electrons. The molecule has 0 saturated carbocycles. The van der Waals surface area contributed by atoms with Gasteiger partial charge in [0.15, 0.2) is 0 Å². The van der Waals surface area contributed by atoms with E-state index in [4.69, 9.17) is 0 Å². The van der Waals surface area contributed by atoms with Crippen LogP contribution in [0.25, 0.3) is 0 Å². The highest BCUT2D eigenvalue weighted by atomic mass is 35.5. The van der Waals surface area contributed by atoms with Crippen LogP contribution in [-0.2, 0) is 0 Å². The van der Waals surface area contributed by atoms with E-state index in [0.29, 0.717) is 6.04 Å². The molecule has 78 valence electrons. The molecule has 0 unspecified atom stereocenters. The maximum atomic E-state index is 11.2. The van der Waals surface area contributed by atoms with Crippen LogP contribution in [0.4, 0.5) is 4.79 Å². The molecule has 1 atom stereocenters. The summed E-state index contributed by atoms with van der Waals surface area (Å²) in [5.41, 5.74) is 0. The van der Waals surface area contributed by atoms with E-state index in [1.807, 2.05) is 7.05 Å². The lowest BCUT2D eigenvalue weighted by Crippen LogP contribution is -2.49. The highest BCUT2D eigenvalue weighted by Gasteiger charge is 2.20. The van der Waals surface area contributed by atoms with Crippen molar-refractivity contribution in [3.8, 4) is 0 Å². The Bertz CT molecular complexity index is 159. The van der Waals surface area contributed by atoms with Gasteiger partial charge >= 0.3 is 6.03 Å². The number of carbonyl (C=O) groups is 1. The molecule has 0 aromatic carbocycles. The summed E-state index contributed by atoms with van der Waals surface area (Å²) in [7, 11) is 3.51. The molecule has 1 saturated heterocycles. The van der Waals surface area contributed by atoms with E-state index in [2.05, 4.69) is 10.6 Å². The second kappa shape index (κ2) is 6.05. The van der Waals surface area contributed by atoms with E-state index in [0.717, 1.165) is 25.9 Å². The zero-order valence-electron chi connectivity index (χ0n) is 8.17. The number of amides is 2. The van der Waals surface area contributed by atoms with Crippen LogP contribution in [-0.4, -0.2) is 44.2 Å². The van der Waals surface area contributed by atoms with Crippen LogP contribution in [0.2, 0.25) is 0 Å². The van der Waals surface area contributed by atoms with E-state index in [1.54, 1.807) is 11.9 Å². The lowest BCUT2D eigenvalue weighted by molar-refractivity contribution is 0.180. The lowest BCUT2D eigenvalue weighted by atomic mass is 10.1. The highest BCUT2D eigenvalue weighted by molar-refractivity contribution is 5.85. The Kier molecular flexibility index (Phi) is 5.82. The third kappa shape index (κ3) is 3.40. The molecular weight excluding hydrogens is 190 g/mol. The third-order valence-electron chi connectivity index (χ3n) is 2.35. The monoisotopic (exact) mass is 207 g/mol. The largest absolute Gasteiger partial charge is 0.341 e. The van der Waals surface area contributed by atoms with Crippen molar-refractivity contribution < 1.29 is 4.79 Å². The fourth-order valence-electron chi connectivity index (χ4n) is 1.51. The normalized spacial score (nSPS) is 21.5. The van der Waals surface area contributed by atoms with E-state index in [-0.39, 0.29) is 18.4 Å². The van der Waals surface area contributed by atoms with Crippen molar-refractivity contribution in [1.82, 2.24) is 15.5 Å². The standard InChI is InChI=1S/C8H17N3O.ClH/c1-9-8(12)11(2)7-4-3-5-10-6-7;/h7,10H,3-6H2,1-2H3,(H,9,12);1H/t7-;/m1./s1. The fourth-order valence-corrected chi connectivity index (χ4v) is 1.51. The van der Waals surface area contributed by atoms with Gasteiger partial charge in [-0.3, -0.25) is 0 Å². The Morgan fingerprint density at radius 1 is 1.62 bits per heavy atom. The Hall–Kier alpha value is -0.480. The van der Waals surface area contributed by atoms with Crippen LogP contribution in [0.3, 0.4) is 0 Å². The molecule has 13 heavy (non-hydrogen) atoms. The third-order valence-corrected chi connectivity index (χ3v) is 2.35. The SMILES string of the molecule is CNC(=O)N(C)[C@@H]1CCCNC1.Cl. The van der Waals surface area contributed by atoms with Crippen molar-refractivity contribution in [2.45, 2.75) is 18.9 Å². The maximum Gasteiger partial charge on any atom is 0.317 e. The predicted octanol–water partition coefficient (Wildman–Crippen LogP) is 0.431. The second-order valence-electron chi connectivity index (χ2n) is 3.17. The van der Waals surface area contributed by atoms with Gasteiger partial charge in [0.1, 0.15) is 0 Å². The van der Waals surface area contributed by atoms with Gasteiger partial charge in [-0.1, -0.05) is 0 Å². The zero-order valence-corrected chi connectivity index (χ0v) is 8.99. The summed E-state index contributed by atoms with van der Waals surface area (Å²) in [6.45, 7) is 2.00. The van der Waals surface area contributed by atoms with E-state index >= 15 is 0 Å². The average Bonchev–Trinajstić information content (AvgIpc) is 2.17. The van der Waals surface area contributed by atoms with Gasteiger partial charge in [0.25, 0.3) is 0 Å². The summed E-state index contributed by atoms with van der Waals surface area (Å²) < 4.78 is 0. The number of likely N-dealkylation sites (N-methyl/N-ethyl adjacent to an activating group) is 1. The van der Waals surface area contributed by atoms with Gasteiger partial charge < -0.3 is 15.5 Å². The summed E-state index contributed by atoms with van der Waals surface area (Å²) in [6, 6.07) is 0.363. The quantitative estimate of drug-likeness (QED) is 0.655. The predicted molar refractivity (Wildman–Crippen MR) is 55.4 cm³/mol. The first-order valence-corrected chi connectivity index (χ1v) is 4.41. The van der Waals surface area contributed by atoms with Crippen LogP contribution in [0.1, 0.15) is 12.8 Å². The first-order chi connectivity index (χ1) is 5.75. The minimum absolute atomic E-state index is 0. The topological polar surface area (TPSA) is 44.4 Å². The molecule has 2 amide bonds. The van der Waals surface area contributed by atoms with Crippen LogP contribution in [0, 0.1) is 0 Å². The van der Waals surface area contributed by atoms with E-state index in [1.165, 1.54) is 0 Å². The van der Waals surface area contributed by atoms with Gasteiger partial charge in [0, 0.05) is 26.7 Å². The number of nitrogens with zero attached hydrogens (tertiary/aromatic N) is 1. The zero-order chi connectivity index (χ0) is 8.97. The first-order valence-electron chi connectivity index (χ1n) is 4.41. The first kappa shape index (κ1) is 12.5. The molecule has 1 aliphatic rings. The van der Waals surface area contributed by atoms with Crippen LogP contribution in [0.15, 0.2) is 0 Å². The van der Waals surface area contributed by atoms with Gasteiger partial charge in [0.2, 0.25) is 0 Å². The van der Waals surface area contributed by atoms with Crippen LogP contribution >= 0.6 is 12.4 Å². The molecule has 4 nitrogen and oxygen atoms in total. The number of halogens is 1. The Morgan fingerprint density at radius 2 is 2.31 bits per heavy atom. The molecule has 1 rings (SSSR count). The molecule has 0 bridgehead atoms. The van der Waals surface area contributed by atoms with Gasteiger partial charge in [0.05, 0.1) is 0 Å². The minimum atomic E-state index is 0. The van der Waals surface area contributed by atoms with E-state index in [9.17, 15) is 4.79 Å². The number of rotatable bonds is 1. The maximum absolute atomic E-state index is 11.2. The summed E-state index contributed by atoms with van der Waals surface area (Å²) in [6.07, 6.45) is 2.27. The Morgan fingerprint density at radius 3 is 2.77 bits per heavy atom.